The van der Waals surface area contributed by atoms with E-state index in [0.29, 0.717) is 32.0 Å². The van der Waals surface area contributed by atoms with Gasteiger partial charge in [0.25, 0.3) is 0 Å². The van der Waals surface area contributed by atoms with E-state index in [2.05, 4.69) is 10.6 Å². The number of carbonyl (C=O) groups excluding carboxylic acids is 2. The molecule has 1 heterocycles. The van der Waals surface area contributed by atoms with Crippen molar-refractivity contribution in [3.05, 3.63) is 66.0 Å². The van der Waals surface area contributed by atoms with Gasteiger partial charge in [0.2, 0.25) is 5.91 Å². The quantitative estimate of drug-likeness (QED) is 0.735. The highest BCUT2D eigenvalue weighted by Gasteiger charge is 2.23. The van der Waals surface area contributed by atoms with Gasteiger partial charge in [0, 0.05) is 26.1 Å². The highest BCUT2D eigenvalue weighted by Crippen LogP contribution is 2.21. The van der Waals surface area contributed by atoms with Gasteiger partial charge in [-0.15, -0.1) is 0 Å². The zero-order valence-electron chi connectivity index (χ0n) is 16.6. The van der Waals surface area contributed by atoms with E-state index in [9.17, 15) is 14.0 Å². The van der Waals surface area contributed by atoms with E-state index in [1.54, 1.807) is 23.1 Å². The van der Waals surface area contributed by atoms with Crippen molar-refractivity contribution in [2.45, 2.75) is 32.1 Å². The van der Waals surface area contributed by atoms with E-state index >= 15 is 0 Å². The van der Waals surface area contributed by atoms with Crippen molar-refractivity contribution in [1.82, 2.24) is 10.2 Å². The van der Waals surface area contributed by atoms with E-state index in [-0.39, 0.29) is 17.6 Å². The number of nitrogens with one attached hydrogen (secondary N) is 2. The smallest absolute Gasteiger partial charge is 0.321 e. The summed E-state index contributed by atoms with van der Waals surface area (Å²) in [6.45, 7) is 1.96. The van der Waals surface area contributed by atoms with Crippen LogP contribution in [-0.4, -0.2) is 36.5 Å². The van der Waals surface area contributed by atoms with Crippen LogP contribution < -0.4 is 10.6 Å². The van der Waals surface area contributed by atoms with Crippen LogP contribution in [0.3, 0.4) is 0 Å². The molecule has 29 heavy (non-hydrogen) atoms. The topological polar surface area (TPSA) is 61.4 Å². The molecule has 0 aromatic heterocycles. The standard InChI is InChI=1S/C23H28FN3O2/c24-20-8-4-5-9-21(20)26-23(29)27-16-13-19(14-17-27)12-15-25-22(28)11-10-18-6-2-1-3-7-18/h1-9,19H,10-17H2,(H,25,28)(H,26,29). The van der Waals surface area contributed by atoms with Crippen LogP contribution in [0.4, 0.5) is 14.9 Å². The Bertz CT molecular complexity index is 805. The third-order valence-corrected chi connectivity index (χ3v) is 5.38. The molecule has 1 fully saturated rings. The number of para-hydroxylation sites is 1. The van der Waals surface area contributed by atoms with Crippen LogP contribution >= 0.6 is 0 Å². The lowest BCUT2D eigenvalue weighted by atomic mass is 9.93. The summed E-state index contributed by atoms with van der Waals surface area (Å²) in [7, 11) is 0. The van der Waals surface area contributed by atoms with Gasteiger partial charge in [-0.25, -0.2) is 9.18 Å². The zero-order chi connectivity index (χ0) is 20.5. The molecule has 0 bridgehead atoms. The number of hydrogen-bond acceptors (Lipinski definition) is 2. The second-order valence-corrected chi connectivity index (χ2v) is 7.46. The van der Waals surface area contributed by atoms with E-state index < -0.39 is 5.82 Å². The molecule has 0 saturated carbocycles. The van der Waals surface area contributed by atoms with Gasteiger partial charge in [0.05, 0.1) is 5.69 Å². The van der Waals surface area contributed by atoms with Crippen LogP contribution in [0.1, 0.15) is 31.2 Å². The fraction of sp³-hybridized carbons (Fsp3) is 0.391. The average molecular weight is 397 g/mol. The van der Waals surface area contributed by atoms with Gasteiger partial charge in [-0.3, -0.25) is 4.79 Å². The lowest BCUT2D eigenvalue weighted by molar-refractivity contribution is -0.121. The minimum Gasteiger partial charge on any atom is -0.356 e. The Balaban J connectivity index is 1.31. The van der Waals surface area contributed by atoms with Crippen LogP contribution in [-0.2, 0) is 11.2 Å². The fourth-order valence-corrected chi connectivity index (χ4v) is 3.59. The Kier molecular flexibility index (Phi) is 7.61. The van der Waals surface area contributed by atoms with Crippen molar-refractivity contribution in [1.29, 1.82) is 0 Å². The van der Waals surface area contributed by atoms with E-state index in [4.69, 9.17) is 0 Å². The largest absolute Gasteiger partial charge is 0.356 e. The summed E-state index contributed by atoms with van der Waals surface area (Å²) in [6, 6.07) is 15.9. The number of aryl methyl sites for hydroxylation is 1. The molecule has 3 rings (SSSR count). The summed E-state index contributed by atoms with van der Waals surface area (Å²) in [5.41, 5.74) is 1.38. The van der Waals surface area contributed by atoms with Crippen LogP contribution in [0, 0.1) is 11.7 Å². The molecule has 1 aliphatic heterocycles. The Labute approximate surface area is 171 Å². The molecule has 154 valence electrons. The SMILES string of the molecule is O=C(CCc1ccccc1)NCCC1CCN(C(=O)Nc2ccccc2F)CC1. The first-order chi connectivity index (χ1) is 14.1. The van der Waals surface area contributed by atoms with Crippen LogP contribution in [0.15, 0.2) is 54.6 Å². The number of anilines is 1. The second kappa shape index (κ2) is 10.6. The van der Waals surface area contributed by atoms with Gasteiger partial charge in [-0.2, -0.15) is 0 Å². The van der Waals surface area contributed by atoms with Gasteiger partial charge in [-0.1, -0.05) is 42.5 Å². The number of rotatable bonds is 7. The predicted octanol–water partition coefficient (Wildman–Crippen LogP) is 4.21. The molecule has 1 saturated heterocycles. The predicted molar refractivity (Wildman–Crippen MR) is 112 cm³/mol. The number of likely N-dealkylation sites (tertiary alicyclic amines) is 1. The average Bonchev–Trinajstić information content (AvgIpc) is 2.75. The molecule has 0 aliphatic carbocycles. The van der Waals surface area contributed by atoms with Crippen molar-refractivity contribution >= 4 is 17.6 Å². The molecule has 6 heteroatoms. The summed E-state index contributed by atoms with van der Waals surface area (Å²) in [5, 5.41) is 5.63. The number of carbonyl (C=O) groups is 2. The van der Waals surface area contributed by atoms with Gasteiger partial charge in [0.15, 0.2) is 0 Å². The van der Waals surface area contributed by atoms with Gasteiger partial charge < -0.3 is 15.5 Å². The normalized spacial score (nSPS) is 14.4. The number of urea groups is 1. The van der Waals surface area contributed by atoms with E-state index in [0.717, 1.165) is 25.7 Å². The molecule has 5 nitrogen and oxygen atoms in total. The highest BCUT2D eigenvalue weighted by atomic mass is 19.1. The first-order valence-corrected chi connectivity index (χ1v) is 10.2. The van der Waals surface area contributed by atoms with Crippen molar-refractivity contribution in [3.63, 3.8) is 0 Å². The maximum Gasteiger partial charge on any atom is 0.321 e. The van der Waals surface area contributed by atoms with Crippen molar-refractivity contribution < 1.29 is 14.0 Å². The molecule has 0 unspecified atom stereocenters. The molecule has 2 aromatic rings. The lowest BCUT2D eigenvalue weighted by Crippen LogP contribution is -2.41. The third-order valence-electron chi connectivity index (χ3n) is 5.38. The van der Waals surface area contributed by atoms with Crippen LogP contribution in [0.2, 0.25) is 0 Å². The third kappa shape index (κ3) is 6.59. The van der Waals surface area contributed by atoms with Gasteiger partial charge >= 0.3 is 6.03 Å². The maximum absolute atomic E-state index is 13.7. The van der Waals surface area contributed by atoms with Gasteiger partial charge in [-0.05, 0) is 49.3 Å². The van der Waals surface area contributed by atoms with Crippen molar-refractivity contribution in [3.8, 4) is 0 Å². The molecular weight excluding hydrogens is 369 g/mol. The van der Waals surface area contributed by atoms with Gasteiger partial charge in [0.1, 0.15) is 5.82 Å². The summed E-state index contributed by atoms with van der Waals surface area (Å²) in [4.78, 5) is 26.0. The minimum atomic E-state index is -0.432. The summed E-state index contributed by atoms with van der Waals surface area (Å²) in [5.74, 6) is 0.135. The molecule has 0 spiro atoms. The number of amides is 3. The van der Waals surface area contributed by atoms with Crippen molar-refractivity contribution in [2.24, 2.45) is 5.92 Å². The Hall–Kier alpha value is -2.89. The molecule has 2 aromatic carbocycles. The summed E-state index contributed by atoms with van der Waals surface area (Å²) < 4.78 is 13.7. The molecule has 0 radical (unpaired) electrons. The second-order valence-electron chi connectivity index (χ2n) is 7.46. The fourth-order valence-electron chi connectivity index (χ4n) is 3.59. The lowest BCUT2D eigenvalue weighted by Gasteiger charge is -2.32. The number of piperidine rings is 1. The number of nitrogens with zero attached hydrogens (tertiary/aromatic N) is 1. The summed E-state index contributed by atoms with van der Waals surface area (Å²) >= 11 is 0. The molecule has 0 atom stereocenters. The minimum absolute atomic E-state index is 0.0792. The Morgan fingerprint density at radius 2 is 1.69 bits per heavy atom. The first-order valence-electron chi connectivity index (χ1n) is 10.2. The molecule has 1 aliphatic rings. The maximum atomic E-state index is 13.7. The van der Waals surface area contributed by atoms with Crippen LogP contribution in [0.25, 0.3) is 0 Å². The molecule has 2 N–H and O–H groups in total. The van der Waals surface area contributed by atoms with E-state index in [1.807, 2.05) is 30.3 Å². The van der Waals surface area contributed by atoms with Crippen LogP contribution in [0.5, 0.6) is 0 Å². The monoisotopic (exact) mass is 397 g/mol. The zero-order valence-corrected chi connectivity index (χ0v) is 16.6. The first kappa shape index (κ1) is 20.8. The van der Waals surface area contributed by atoms with E-state index in [1.165, 1.54) is 11.6 Å². The summed E-state index contributed by atoms with van der Waals surface area (Å²) in [6.07, 6.45) is 3.95. The number of benzene rings is 2. The highest BCUT2D eigenvalue weighted by molar-refractivity contribution is 5.89. The molecule has 3 amide bonds. The number of hydrogen-bond donors (Lipinski definition) is 2. The molecular formula is C23H28FN3O2. The number of halogens is 1. The Morgan fingerprint density at radius 3 is 2.41 bits per heavy atom. The Morgan fingerprint density at radius 1 is 1.00 bits per heavy atom. The van der Waals surface area contributed by atoms with Crippen molar-refractivity contribution in [2.75, 3.05) is 25.0 Å².